The molecule has 1 N–H and O–H groups in total. The average Bonchev–Trinajstić information content (AvgIpc) is 3.49. The van der Waals surface area contributed by atoms with Crippen LogP contribution in [0.4, 0.5) is 4.39 Å². The van der Waals surface area contributed by atoms with E-state index in [1.165, 1.54) is 0 Å². The van der Waals surface area contributed by atoms with Gasteiger partial charge >= 0.3 is 5.97 Å². The first kappa shape index (κ1) is 25.1. The molecule has 2 aliphatic rings. The summed E-state index contributed by atoms with van der Waals surface area (Å²) >= 11 is 0. The van der Waals surface area contributed by atoms with Crippen molar-refractivity contribution in [3.63, 3.8) is 0 Å². The van der Waals surface area contributed by atoms with E-state index >= 15 is 4.39 Å². The molecule has 39 heavy (non-hydrogen) atoms. The Hall–Kier alpha value is -4.19. The molecule has 0 fully saturated rings. The smallest absolute Gasteiger partial charge is 0.304 e. The third-order valence-electron chi connectivity index (χ3n) is 7.83. The fraction of sp³-hybridized carbons (Fsp3) is 0.273. The van der Waals surface area contributed by atoms with Crippen molar-refractivity contribution in [2.45, 2.75) is 52.1 Å². The first-order valence-corrected chi connectivity index (χ1v) is 13.3. The molecular weight excluding hydrogens is 493 g/mol. The minimum absolute atomic E-state index is 0.0263. The number of pyridine rings is 1. The molecule has 0 saturated heterocycles. The number of aromatic nitrogens is 1. The maximum Gasteiger partial charge on any atom is 0.304 e. The second-order valence-electron chi connectivity index (χ2n) is 10.6. The van der Waals surface area contributed by atoms with Gasteiger partial charge in [0, 0.05) is 34.4 Å². The first-order valence-electron chi connectivity index (χ1n) is 13.3. The molecule has 0 saturated carbocycles. The topological polar surface area (TPSA) is 68.7 Å². The van der Waals surface area contributed by atoms with Crippen molar-refractivity contribution in [3.05, 3.63) is 100.0 Å². The van der Waals surface area contributed by atoms with Crippen molar-refractivity contribution in [1.82, 2.24) is 4.98 Å². The van der Waals surface area contributed by atoms with Crippen LogP contribution >= 0.6 is 0 Å². The summed E-state index contributed by atoms with van der Waals surface area (Å²) in [5.41, 5.74) is 9.89. The second kappa shape index (κ2) is 9.84. The van der Waals surface area contributed by atoms with Gasteiger partial charge < -0.3 is 14.6 Å². The number of rotatable bonds is 6. The van der Waals surface area contributed by atoms with Crippen LogP contribution in [0.1, 0.15) is 58.4 Å². The first-order chi connectivity index (χ1) is 18.8. The van der Waals surface area contributed by atoms with E-state index < -0.39 is 12.1 Å². The highest BCUT2D eigenvalue weighted by molar-refractivity contribution is 5.79. The molecule has 0 amide bonds. The van der Waals surface area contributed by atoms with Crippen molar-refractivity contribution >= 4 is 5.97 Å². The molecule has 0 radical (unpaired) electrons. The number of hydrogen-bond acceptors (Lipinski definition) is 4. The molecule has 1 aliphatic heterocycles. The maximum absolute atomic E-state index is 15.3. The van der Waals surface area contributed by atoms with Crippen LogP contribution < -0.4 is 9.47 Å². The van der Waals surface area contributed by atoms with Gasteiger partial charge in [-0.2, -0.15) is 0 Å². The van der Waals surface area contributed by atoms with E-state index in [9.17, 15) is 4.79 Å². The highest BCUT2D eigenvalue weighted by atomic mass is 19.1. The fourth-order valence-corrected chi connectivity index (χ4v) is 6.14. The third-order valence-corrected chi connectivity index (χ3v) is 7.83. The van der Waals surface area contributed by atoms with Gasteiger partial charge in [-0.25, -0.2) is 4.39 Å². The van der Waals surface area contributed by atoms with Crippen molar-refractivity contribution in [2.75, 3.05) is 6.61 Å². The Bertz CT molecular complexity index is 1590. The van der Waals surface area contributed by atoms with Gasteiger partial charge in [-0.15, -0.1) is 0 Å². The number of nitrogens with zero attached hydrogens (tertiary/aromatic N) is 1. The predicted octanol–water partition coefficient (Wildman–Crippen LogP) is 7.50. The minimum atomic E-state index is -0.849. The van der Waals surface area contributed by atoms with E-state index in [-0.39, 0.29) is 18.2 Å². The summed E-state index contributed by atoms with van der Waals surface area (Å²) < 4.78 is 27.3. The lowest BCUT2D eigenvalue weighted by Gasteiger charge is -2.19. The summed E-state index contributed by atoms with van der Waals surface area (Å²) in [7, 11) is 0. The van der Waals surface area contributed by atoms with Gasteiger partial charge in [0.25, 0.3) is 0 Å². The number of benzene rings is 3. The van der Waals surface area contributed by atoms with E-state index in [0.29, 0.717) is 30.1 Å². The van der Waals surface area contributed by atoms with Crippen LogP contribution in [0.5, 0.6) is 11.5 Å². The van der Waals surface area contributed by atoms with E-state index in [4.69, 9.17) is 14.6 Å². The number of carboxylic acid groups (broad SMARTS) is 1. The third kappa shape index (κ3) is 4.65. The van der Waals surface area contributed by atoms with Crippen LogP contribution in [-0.4, -0.2) is 22.7 Å². The zero-order chi connectivity index (χ0) is 27.3. The molecule has 6 rings (SSSR count). The lowest BCUT2D eigenvalue weighted by atomic mass is 9.88. The number of aryl methyl sites for hydroxylation is 3. The molecule has 4 aromatic rings. The fourth-order valence-electron chi connectivity index (χ4n) is 6.14. The van der Waals surface area contributed by atoms with Crippen LogP contribution in [0.15, 0.2) is 60.7 Å². The molecular formula is C33H30FNO4. The number of ether oxygens (including phenoxy) is 2. The van der Waals surface area contributed by atoms with Gasteiger partial charge in [0.05, 0.1) is 18.7 Å². The van der Waals surface area contributed by atoms with Gasteiger partial charge in [-0.1, -0.05) is 18.2 Å². The lowest BCUT2D eigenvalue weighted by molar-refractivity contribution is -0.137. The van der Waals surface area contributed by atoms with Crippen LogP contribution in [0, 0.1) is 26.6 Å². The Labute approximate surface area is 227 Å². The number of carboxylic acids is 1. The van der Waals surface area contributed by atoms with Crippen LogP contribution in [-0.2, 0) is 11.2 Å². The standard InChI is InChI=1S/C33H30FNO4/c1-18-13-21(28-6-4-5-20(3)35-28)14-19(2)32(18)25-9-11-27(34)33-26(25)10-12-29(33)39-23-7-8-24-22(15-31(36)37)17-38-30(24)16-23/h4-9,11,13-14,16,22,29H,10,12,15,17H2,1-3H3,(H,36,37)/t22?,29-/m1/s1. The largest absolute Gasteiger partial charge is 0.492 e. The summed E-state index contributed by atoms with van der Waals surface area (Å²) in [6.45, 7) is 6.53. The number of hydrogen-bond donors (Lipinski definition) is 1. The molecule has 3 aromatic carbocycles. The summed E-state index contributed by atoms with van der Waals surface area (Å²) in [6.07, 6.45) is 1.01. The molecule has 1 aromatic heterocycles. The highest BCUT2D eigenvalue weighted by Crippen LogP contribution is 2.45. The zero-order valence-corrected chi connectivity index (χ0v) is 22.3. The van der Waals surface area contributed by atoms with E-state index in [1.54, 1.807) is 12.1 Å². The van der Waals surface area contributed by atoms with Gasteiger partial charge in [-0.3, -0.25) is 9.78 Å². The number of fused-ring (bicyclic) bond motifs is 2. The normalized spacial score (nSPS) is 17.4. The summed E-state index contributed by atoms with van der Waals surface area (Å²) in [6, 6.07) is 19.3. The van der Waals surface area contributed by atoms with E-state index in [2.05, 4.69) is 31.0 Å². The van der Waals surface area contributed by atoms with Crippen LogP contribution in [0.3, 0.4) is 0 Å². The molecule has 1 aliphatic carbocycles. The minimum Gasteiger partial charge on any atom is -0.492 e. The lowest BCUT2D eigenvalue weighted by Crippen LogP contribution is -2.07. The Morgan fingerprint density at radius 1 is 1.08 bits per heavy atom. The number of carbonyl (C=O) groups is 1. The molecule has 198 valence electrons. The number of halogens is 1. The molecule has 1 unspecified atom stereocenters. The molecule has 0 spiro atoms. The Kier molecular flexibility index (Phi) is 6.34. The van der Waals surface area contributed by atoms with Crippen molar-refractivity contribution < 1.29 is 23.8 Å². The summed E-state index contributed by atoms with van der Waals surface area (Å²) in [5, 5.41) is 9.16. The van der Waals surface area contributed by atoms with Gasteiger partial charge in [0.2, 0.25) is 0 Å². The Balaban J connectivity index is 1.31. The second-order valence-corrected chi connectivity index (χ2v) is 10.6. The van der Waals surface area contributed by atoms with E-state index in [1.807, 2.05) is 43.3 Å². The average molecular weight is 524 g/mol. The van der Waals surface area contributed by atoms with Crippen molar-refractivity contribution in [2.24, 2.45) is 0 Å². The molecule has 6 heteroatoms. The van der Waals surface area contributed by atoms with Gasteiger partial charge in [-0.05, 0) is 97.8 Å². The predicted molar refractivity (Wildman–Crippen MR) is 148 cm³/mol. The molecule has 2 heterocycles. The Morgan fingerprint density at radius 2 is 1.87 bits per heavy atom. The van der Waals surface area contributed by atoms with Crippen molar-refractivity contribution in [3.8, 4) is 33.9 Å². The number of aliphatic carboxylic acids is 1. The zero-order valence-electron chi connectivity index (χ0n) is 22.3. The Morgan fingerprint density at radius 3 is 2.62 bits per heavy atom. The van der Waals surface area contributed by atoms with Gasteiger partial charge in [0.15, 0.2) is 0 Å². The van der Waals surface area contributed by atoms with Crippen molar-refractivity contribution in [1.29, 1.82) is 0 Å². The molecule has 2 atom stereocenters. The SMILES string of the molecule is Cc1cccc(-c2cc(C)c(-c3ccc(F)c4c3CC[C@H]4Oc3ccc4c(c3)OCC4CC(=O)O)c(C)c2)n1. The van der Waals surface area contributed by atoms with Crippen LogP contribution in [0.2, 0.25) is 0 Å². The summed E-state index contributed by atoms with van der Waals surface area (Å²) in [5.74, 6) is -0.0441. The maximum atomic E-state index is 15.3. The molecule has 0 bridgehead atoms. The molecule has 5 nitrogen and oxygen atoms in total. The van der Waals surface area contributed by atoms with Crippen LogP contribution in [0.25, 0.3) is 22.4 Å². The quantitative estimate of drug-likeness (QED) is 0.283. The highest BCUT2D eigenvalue weighted by Gasteiger charge is 2.32. The monoisotopic (exact) mass is 523 g/mol. The van der Waals surface area contributed by atoms with Gasteiger partial charge in [0.1, 0.15) is 23.4 Å². The summed E-state index contributed by atoms with van der Waals surface area (Å²) in [4.78, 5) is 15.8. The van der Waals surface area contributed by atoms with E-state index in [0.717, 1.165) is 56.8 Å².